The molecule has 0 aliphatic carbocycles. The summed E-state index contributed by atoms with van der Waals surface area (Å²) in [7, 11) is 0. The van der Waals surface area contributed by atoms with Crippen LogP contribution in [-0.2, 0) is 21.4 Å². The van der Waals surface area contributed by atoms with Gasteiger partial charge in [-0.25, -0.2) is 0 Å². The predicted octanol–water partition coefficient (Wildman–Crippen LogP) is 3.85. The summed E-state index contributed by atoms with van der Waals surface area (Å²) >= 11 is 0. The lowest BCUT2D eigenvalue weighted by Gasteiger charge is -2.31. The molecule has 0 saturated heterocycles. The molecular formula is C24H30N2O3. The van der Waals surface area contributed by atoms with Crippen molar-refractivity contribution in [2.45, 2.75) is 52.0 Å². The van der Waals surface area contributed by atoms with Gasteiger partial charge in [0.2, 0.25) is 5.91 Å². The zero-order valence-corrected chi connectivity index (χ0v) is 17.7. The molecule has 154 valence electrons. The quantitative estimate of drug-likeness (QED) is 0.810. The van der Waals surface area contributed by atoms with Gasteiger partial charge in [-0.2, -0.15) is 0 Å². The molecule has 0 spiro atoms. The lowest BCUT2D eigenvalue weighted by Crippen LogP contribution is -2.47. The molecule has 0 unspecified atom stereocenters. The van der Waals surface area contributed by atoms with Crippen LogP contribution in [0.25, 0.3) is 0 Å². The van der Waals surface area contributed by atoms with Crippen molar-refractivity contribution in [3.05, 3.63) is 59.7 Å². The van der Waals surface area contributed by atoms with Crippen LogP contribution in [0.15, 0.2) is 48.5 Å². The van der Waals surface area contributed by atoms with Crippen molar-refractivity contribution in [1.82, 2.24) is 5.32 Å². The lowest BCUT2D eigenvalue weighted by atomic mass is 9.86. The molecule has 0 fully saturated rings. The molecule has 1 atom stereocenters. The number of aryl methyl sites for hydroxylation is 1. The molecule has 0 aromatic heterocycles. The average Bonchev–Trinajstić information content (AvgIpc) is 2.68. The Morgan fingerprint density at radius 2 is 1.90 bits per heavy atom. The van der Waals surface area contributed by atoms with Crippen molar-refractivity contribution < 1.29 is 14.3 Å². The van der Waals surface area contributed by atoms with Gasteiger partial charge in [-0.15, -0.1) is 0 Å². The maximum Gasteiger partial charge on any atom is 0.265 e. The maximum atomic E-state index is 12.6. The Balaban J connectivity index is 1.62. The van der Waals surface area contributed by atoms with Crippen molar-refractivity contribution in [3.8, 4) is 5.75 Å². The van der Waals surface area contributed by atoms with Gasteiger partial charge in [-0.3, -0.25) is 14.5 Å². The van der Waals surface area contributed by atoms with Gasteiger partial charge in [0.25, 0.3) is 5.91 Å². The first kappa shape index (κ1) is 20.9. The second kappa shape index (κ2) is 8.68. The third-order valence-corrected chi connectivity index (χ3v) is 5.19. The van der Waals surface area contributed by atoms with E-state index >= 15 is 0 Å². The zero-order chi connectivity index (χ0) is 21.0. The summed E-state index contributed by atoms with van der Waals surface area (Å²) < 4.78 is 5.63. The number of fused-ring (bicyclic) bond motifs is 1. The average molecular weight is 395 g/mol. The maximum absolute atomic E-state index is 12.6. The number of amides is 2. The molecule has 2 amide bonds. The van der Waals surface area contributed by atoms with Gasteiger partial charge in [0, 0.05) is 6.04 Å². The fourth-order valence-electron chi connectivity index (χ4n) is 3.41. The first-order valence-corrected chi connectivity index (χ1v) is 10.1. The van der Waals surface area contributed by atoms with Gasteiger partial charge < -0.3 is 10.1 Å². The summed E-state index contributed by atoms with van der Waals surface area (Å²) in [5.74, 6) is 0.293. The number of nitrogens with one attached hydrogen (secondary N) is 1. The van der Waals surface area contributed by atoms with E-state index in [4.69, 9.17) is 4.74 Å². The Morgan fingerprint density at radius 3 is 2.59 bits per heavy atom. The first-order valence-electron chi connectivity index (χ1n) is 10.1. The van der Waals surface area contributed by atoms with E-state index in [1.165, 1.54) is 10.5 Å². The first-order chi connectivity index (χ1) is 13.7. The Bertz CT molecular complexity index is 871. The van der Waals surface area contributed by atoms with Gasteiger partial charge in [-0.1, -0.05) is 57.2 Å². The highest BCUT2D eigenvalue weighted by Crippen LogP contribution is 2.36. The fraction of sp³-hybridized carbons (Fsp3) is 0.417. The summed E-state index contributed by atoms with van der Waals surface area (Å²) in [4.78, 5) is 26.5. The van der Waals surface area contributed by atoms with Gasteiger partial charge in [0.1, 0.15) is 12.3 Å². The number of ether oxygens (including phenoxy) is 1. The highest BCUT2D eigenvalue weighted by molar-refractivity contribution is 6.02. The number of carbonyl (C=O) groups excluding carboxylic acids is 2. The molecule has 0 radical (unpaired) electrons. The number of benzene rings is 2. The fourth-order valence-corrected chi connectivity index (χ4v) is 3.41. The number of rotatable bonds is 6. The molecular weight excluding hydrogens is 364 g/mol. The normalized spacial score (nSPS) is 14.8. The summed E-state index contributed by atoms with van der Waals surface area (Å²) in [5, 5.41) is 3.01. The molecule has 1 heterocycles. The monoisotopic (exact) mass is 394 g/mol. The van der Waals surface area contributed by atoms with E-state index in [0.717, 1.165) is 18.4 Å². The van der Waals surface area contributed by atoms with Crippen molar-refractivity contribution in [2.24, 2.45) is 0 Å². The minimum Gasteiger partial charge on any atom is -0.482 e. The number of nitrogens with zero attached hydrogens (tertiary/aromatic N) is 1. The Kier molecular flexibility index (Phi) is 6.26. The third-order valence-electron chi connectivity index (χ3n) is 5.19. The molecule has 0 saturated carbocycles. The summed E-state index contributed by atoms with van der Waals surface area (Å²) in [6, 6.07) is 16.1. The molecule has 5 heteroatoms. The molecule has 0 bridgehead atoms. The zero-order valence-electron chi connectivity index (χ0n) is 17.7. The Morgan fingerprint density at radius 1 is 1.17 bits per heavy atom. The second-order valence-electron chi connectivity index (χ2n) is 8.69. The molecule has 29 heavy (non-hydrogen) atoms. The van der Waals surface area contributed by atoms with Crippen LogP contribution in [0.5, 0.6) is 5.75 Å². The SMILES string of the molecule is C[C@@H](CCc1ccccc1)NC(=O)CN1C(=O)COc2cc(C(C)(C)C)ccc21. The van der Waals surface area contributed by atoms with Crippen LogP contribution in [0, 0.1) is 0 Å². The molecule has 1 N–H and O–H groups in total. The van der Waals surface area contributed by atoms with Crippen LogP contribution in [-0.4, -0.2) is 31.0 Å². The third kappa shape index (κ3) is 5.37. The topological polar surface area (TPSA) is 58.6 Å². The Labute approximate surface area is 173 Å². The number of hydrogen-bond donors (Lipinski definition) is 1. The van der Waals surface area contributed by atoms with E-state index in [1.807, 2.05) is 43.3 Å². The van der Waals surface area contributed by atoms with Gasteiger partial charge in [0.15, 0.2) is 6.61 Å². The summed E-state index contributed by atoms with van der Waals surface area (Å²) in [6.07, 6.45) is 1.75. The summed E-state index contributed by atoms with van der Waals surface area (Å²) in [5.41, 5.74) is 3.02. The number of carbonyl (C=O) groups is 2. The van der Waals surface area contributed by atoms with E-state index in [1.54, 1.807) is 0 Å². The van der Waals surface area contributed by atoms with Gasteiger partial charge >= 0.3 is 0 Å². The molecule has 3 rings (SSSR count). The van der Waals surface area contributed by atoms with Crippen LogP contribution >= 0.6 is 0 Å². The molecule has 2 aromatic carbocycles. The van der Waals surface area contributed by atoms with Crippen molar-refractivity contribution in [2.75, 3.05) is 18.1 Å². The van der Waals surface area contributed by atoms with Crippen LogP contribution in [0.3, 0.4) is 0 Å². The van der Waals surface area contributed by atoms with E-state index in [0.29, 0.717) is 11.4 Å². The number of hydrogen-bond acceptors (Lipinski definition) is 3. The van der Waals surface area contributed by atoms with E-state index in [-0.39, 0.29) is 36.4 Å². The minimum absolute atomic E-state index is 0.000263. The van der Waals surface area contributed by atoms with Gasteiger partial charge in [0.05, 0.1) is 5.69 Å². The van der Waals surface area contributed by atoms with Gasteiger partial charge in [-0.05, 0) is 48.4 Å². The highest BCUT2D eigenvalue weighted by Gasteiger charge is 2.29. The second-order valence-corrected chi connectivity index (χ2v) is 8.69. The lowest BCUT2D eigenvalue weighted by molar-refractivity contribution is -0.125. The molecule has 1 aliphatic heterocycles. The summed E-state index contributed by atoms with van der Waals surface area (Å²) in [6.45, 7) is 8.34. The van der Waals surface area contributed by atoms with Crippen LogP contribution in [0.2, 0.25) is 0 Å². The smallest absolute Gasteiger partial charge is 0.265 e. The Hall–Kier alpha value is -2.82. The van der Waals surface area contributed by atoms with Crippen LogP contribution in [0.1, 0.15) is 45.2 Å². The van der Waals surface area contributed by atoms with E-state index in [2.05, 4.69) is 38.2 Å². The molecule has 1 aliphatic rings. The largest absolute Gasteiger partial charge is 0.482 e. The molecule has 2 aromatic rings. The van der Waals surface area contributed by atoms with Crippen molar-refractivity contribution in [3.63, 3.8) is 0 Å². The highest BCUT2D eigenvalue weighted by atomic mass is 16.5. The minimum atomic E-state index is -0.201. The van der Waals surface area contributed by atoms with Crippen molar-refractivity contribution in [1.29, 1.82) is 0 Å². The van der Waals surface area contributed by atoms with E-state index in [9.17, 15) is 9.59 Å². The predicted molar refractivity (Wildman–Crippen MR) is 115 cm³/mol. The van der Waals surface area contributed by atoms with E-state index < -0.39 is 0 Å². The van der Waals surface area contributed by atoms with Crippen LogP contribution in [0.4, 0.5) is 5.69 Å². The standard InChI is InChI=1S/C24H30N2O3/c1-17(10-11-18-8-6-5-7-9-18)25-22(27)15-26-20-13-12-19(24(2,3)4)14-21(20)29-16-23(26)28/h5-9,12-14,17H,10-11,15-16H2,1-4H3,(H,25,27)/t17-/m0/s1. The molecule has 5 nitrogen and oxygen atoms in total. The number of anilines is 1. The van der Waals surface area contributed by atoms with Crippen LogP contribution < -0.4 is 15.0 Å². The van der Waals surface area contributed by atoms with Crippen molar-refractivity contribution >= 4 is 17.5 Å².